The van der Waals surface area contributed by atoms with Crippen LogP contribution in [0.25, 0.3) is 11.0 Å². The van der Waals surface area contributed by atoms with Gasteiger partial charge in [-0.05, 0) is 43.2 Å². The number of nitrogens with zero attached hydrogens (tertiary/aromatic N) is 2. The molecule has 0 spiro atoms. The molecule has 0 bridgehead atoms. The Kier molecular flexibility index (Phi) is 11.0. The van der Waals surface area contributed by atoms with E-state index >= 15 is 0 Å². The van der Waals surface area contributed by atoms with Crippen molar-refractivity contribution >= 4 is 16.9 Å². The number of para-hydroxylation sites is 2. The van der Waals surface area contributed by atoms with Gasteiger partial charge in [-0.2, -0.15) is 0 Å². The third-order valence-electron chi connectivity index (χ3n) is 6.41. The summed E-state index contributed by atoms with van der Waals surface area (Å²) in [6.45, 7) is 3.91. The number of aryl methyl sites for hydroxylation is 2. The van der Waals surface area contributed by atoms with Gasteiger partial charge >= 0.3 is 0 Å². The Labute approximate surface area is 204 Å². The lowest BCUT2D eigenvalue weighted by Gasteiger charge is -2.10. The molecule has 5 heteroatoms. The minimum Gasteiger partial charge on any atom is -0.497 e. The van der Waals surface area contributed by atoms with E-state index in [4.69, 9.17) is 9.72 Å². The molecule has 0 saturated carbocycles. The summed E-state index contributed by atoms with van der Waals surface area (Å²) in [5.74, 6) is 1.75. The molecule has 5 nitrogen and oxygen atoms in total. The van der Waals surface area contributed by atoms with Crippen molar-refractivity contribution in [3.63, 3.8) is 0 Å². The maximum atomic E-state index is 12.4. The van der Waals surface area contributed by atoms with E-state index in [1.54, 1.807) is 13.2 Å². The molecule has 3 aromatic rings. The highest BCUT2D eigenvalue weighted by Gasteiger charge is 2.11. The first-order chi connectivity index (χ1) is 16.7. The average molecular weight is 464 g/mol. The molecule has 0 aliphatic rings. The monoisotopic (exact) mass is 463 g/mol. The molecule has 1 amide bonds. The number of imidazole rings is 1. The number of nitrogens with one attached hydrogen (secondary N) is 1. The molecule has 0 fully saturated rings. The molecular weight excluding hydrogens is 422 g/mol. The molecule has 0 aliphatic carbocycles. The van der Waals surface area contributed by atoms with Gasteiger partial charge in [-0.1, -0.05) is 76.5 Å². The van der Waals surface area contributed by atoms with Gasteiger partial charge < -0.3 is 14.6 Å². The maximum Gasteiger partial charge on any atom is 0.251 e. The lowest BCUT2D eigenvalue weighted by atomic mass is 10.1. The highest BCUT2D eigenvalue weighted by atomic mass is 16.5. The minimum absolute atomic E-state index is 0.0675. The van der Waals surface area contributed by atoms with Crippen molar-refractivity contribution in [2.45, 2.75) is 84.1 Å². The summed E-state index contributed by atoms with van der Waals surface area (Å²) in [5.41, 5.74) is 2.91. The number of amides is 1. The fourth-order valence-corrected chi connectivity index (χ4v) is 4.46. The summed E-state index contributed by atoms with van der Waals surface area (Å²) >= 11 is 0. The molecule has 3 rings (SSSR count). The van der Waals surface area contributed by atoms with E-state index in [0.717, 1.165) is 30.7 Å². The Morgan fingerprint density at radius 3 is 2.41 bits per heavy atom. The number of ether oxygens (including phenoxy) is 1. The van der Waals surface area contributed by atoms with E-state index in [1.807, 2.05) is 18.2 Å². The highest BCUT2D eigenvalue weighted by Crippen LogP contribution is 2.19. The summed E-state index contributed by atoms with van der Waals surface area (Å²) in [4.78, 5) is 17.3. The standard InChI is InChI=1S/C29H41N3O2/c1-3-4-5-6-7-8-9-10-13-22-32-27-19-12-11-18-26(27)31-28(32)20-15-21-30-29(33)24-16-14-17-25(23-24)34-2/h11-12,14,16-19,23H,3-10,13,15,20-22H2,1-2H3,(H,30,33). The fourth-order valence-electron chi connectivity index (χ4n) is 4.46. The summed E-state index contributed by atoms with van der Waals surface area (Å²) in [5, 5.41) is 3.03. The van der Waals surface area contributed by atoms with Gasteiger partial charge in [0.25, 0.3) is 5.91 Å². The van der Waals surface area contributed by atoms with Crippen molar-refractivity contribution in [2.75, 3.05) is 13.7 Å². The molecule has 184 valence electrons. The number of hydrogen-bond acceptors (Lipinski definition) is 3. The zero-order chi connectivity index (χ0) is 24.0. The van der Waals surface area contributed by atoms with Crippen LogP contribution in [0.3, 0.4) is 0 Å². The summed E-state index contributed by atoms with van der Waals surface area (Å²) < 4.78 is 7.60. The van der Waals surface area contributed by atoms with Crippen molar-refractivity contribution < 1.29 is 9.53 Å². The van der Waals surface area contributed by atoms with E-state index in [1.165, 1.54) is 63.3 Å². The lowest BCUT2D eigenvalue weighted by molar-refractivity contribution is 0.0952. The largest absolute Gasteiger partial charge is 0.497 e. The van der Waals surface area contributed by atoms with Crippen molar-refractivity contribution in [3.05, 3.63) is 59.9 Å². The van der Waals surface area contributed by atoms with Crippen LogP contribution in [0.2, 0.25) is 0 Å². The molecule has 1 aromatic heterocycles. The zero-order valence-electron chi connectivity index (χ0n) is 21.0. The second-order valence-corrected chi connectivity index (χ2v) is 9.09. The first kappa shape index (κ1) is 25.8. The molecule has 34 heavy (non-hydrogen) atoms. The average Bonchev–Trinajstić information content (AvgIpc) is 3.22. The van der Waals surface area contributed by atoms with Crippen LogP contribution in [0, 0.1) is 0 Å². The van der Waals surface area contributed by atoms with Crippen molar-refractivity contribution in [3.8, 4) is 5.75 Å². The molecule has 0 aliphatic heterocycles. The fraction of sp³-hybridized carbons (Fsp3) is 0.517. The third-order valence-corrected chi connectivity index (χ3v) is 6.41. The van der Waals surface area contributed by atoms with E-state index in [-0.39, 0.29) is 5.91 Å². The van der Waals surface area contributed by atoms with E-state index in [0.29, 0.717) is 17.9 Å². The van der Waals surface area contributed by atoms with Crippen molar-refractivity contribution in [1.29, 1.82) is 0 Å². The Hall–Kier alpha value is -2.82. The molecule has 0 radical (unpaired) electrons. The number of fused-ring (bicyclic) bond motifs is 1. The first-order valence-electron chi connectivity index (χ1n) is 13.1. The molecule has 0 unspecified atom stereocenters. The minimum atomic E-state index is -0.0675. The normalized spacial score (nSPS) is 11.1. The number of benzene rings is 2. The third kappa shape index (κ3) is 7.89. The molecule has 2 aromatic carbocycles. The van der Waals surface area contributed by atoms with Gasteiger partial charge in [0.05, 0.1) is 18.1 Å². The van der Waals surface area contributed by atoms with Crippen LogP contribution in [-0.2, 0) is 13.0 Å². The van der Waals surface area contributed by atoms with Gasteiger partial charge in [0.1, 0.15) is 11.6 Å². The second kappa shape index (κ2) is 14.4. The van der Waals surface area contributed by atoms with Crippen LogP contribution in [0.1, 0.15) is 87.3 Å². The van der Waals surface area contributed by atoms with Crippen LogP contribution in [-0.4, -0.2) is 29.1 Å². The summed E-state index contributed by atoms with van der Waals surface area (Å²) in [6, 6.07) is 15.7. The summed E-state index contributed by atoms with van der Waals surface area (Å²) in [6.07, 6.45) is 13.7. The Morgan fingerprint density at radius 2 is 1.65 bits per heavy atom. The Morgan fingerprint density at radius 1 is 0.912 bits per heavy atom. The molecular formula is C29H41N3O2. The molecule has 1 heterocycles. The number of hydrogen-bond donors (Lipinski definition) is 1. The van der Waals surface area contributed by atoms with Crippen LogP contribution in [0.5, 0.6) is 5.75 Å². The van der Waals surface area contributed by atoms with Gasteiger partial charge in [0.15, 0.2) is 0 Å². The van der Waals surface area contributed by atoms with E-state index in [9.17, 15) is 4.79 Å². The van der Waals surface area contributed by atoms with Crippen LogP contribution in [0.4, 0.5) is 0 Å². The predicted molar refractivity (Wildman–Crippen MR) is 141 cm³/mol. The predicted octanol–water partition coefficient (Wildman–Crippen LogP) is 6.94. The SMILES string of the molecule is CCCCCCCCCCCn1c(CCCNC(=O)c2cccc(OC)c2)nc2ccccc21. The number of methoxy groups -OCH3 is 1. The van der Waals surface area contributed by atoms with E-state index in [2.05, 4.69) is 41.1 Å². The zero-order valence-corrected chi connectivity index (χ0v) is 21.0. The van der Waals surface area contributed by atoms with Gasteiger partial charge in [0.2, 0.25) is 0 Å². The van der Waals surface area contributed by atoms with Gasteiger partial charge in [-0.25, -0.2) is 4.98 Å². The van der Waals surface area contributed by atoms with Crippen molar-refractivity contribution in [1.82, 2.24) is 14.9 Å². The number of rotatable bonds is 16. The maximum absolute atomic E-state index is 12.4. The quantitative estimate of drug-likeness (QED) is 0.234. The van der Waals surface area contributed by atoms with Crippen molar-refractivity contribution in [2.24, 2.45) is 0 Å². The highest BCUT2D eigenvalue weighted by molar-refractivity contribution is 5.94. The number of aromatic nitrogens is 2. The molecule has 0 atom stereocenters. The molecule has 0 saturated heterocycles. The summed E-state index contributed by atoms with van der Waals surface area (Å²) in [7, 11) is 1.61. The van der Waals surface area contributed by atoms with Crippen LogP contribution < -0.4 is 10.1 Å². The van der Waals surface area contributed by atoms with Gasteiger partial charge in [-0.15, -0.1) is 0 Å². The Balaban J connectivity index is 1.46. The van der Waals surface area contributed by atoms with Crippen LogP contribution >= 0.6 is 0 Å². The smallest absolute Gasteiger partial charge is 0.251 e. The lowest BCUT2D eigenvalue weighted by Crippen LogP contribution is -2.25. The molecule has 1 N–H and O–H groups in total. The number of unbranched alkanes of at least 4 members (excludes halogenated alkanes) is 8. The van der Waals surface area contributed by atoms with Gasteiger partial charge in [0, 0.05) is 25.1 Å². The number of carbonyl (C=O) groups excluding carboxylic acids is 1. The topological polar surface area (TPSA) is 56.2 Å². The second-order valence-electron chi connectivity index (χ2n) is 9.09. The first-order valence-corrected chi connectivity index (χ1v) is 13.1. The van der Waals surface area contributed by atoms with E-state index < -0.39 is 0 Å². The Bertz CT molecular complexity index is 1010. The number of carbonyl (C=O) groups is 1. The van der Waals surface area contributed by atoms with Gasteiger partial charge in [-0.3, -0.25) is 4.79 Å². The van der Waals surface area contributed by atoms with Crippen LogP contribution in [0.15, 0.2) is 48.5 Å².